The second-order valence-corrected chi connectivity index (χ2v) is 9.82. The number of rotatable bonds is 8. The zero-order chi connectivity index (χ0) is 26.7. The van der Waals surface area contributed by atoms with Gasteiger partial charge in [-0.3, -0.25) is 4.98 Å². The van der Waals surface area contributed by atoms with Gasteiger partial charge < -0.3 is 10.6 Å². The fraction of sp³-hybridized carbons (Fsp3) is 0.308. The molecule has 0 radical (unpaired) electrons. The second kappa shape index (κ2) is 8.92. The third-order valence-electron chi connectivity index (χ3n) is 6.72. The Morgan fingerprint density at radius 3 is 2.62 bits per heavy atom. The fourth-order valence-electron chi connectivity index (χ4n) is 4.29. The molecule has 2 aromatic heterocycles. The maximum atomic E-state index is 13.8. The summed E-state index contributed by atoms with van der Waals surface area (Å²) in [6, 6.07) is 9.19. The van der Waals surface area contributed by atoms with Gasteiger partial charge in [0.05, 0.1) is 47.0 Å². The van der Waals surface area contributed by atoms with Gasteiger partial charge in [0.25, 0.3) is 6.43 Å². The van der Waals surface area contributed by atoms with Crippen LogP contribution in [0.15, 0.2) is 48.8 Å². The van der Waals surface area contributed by atoms with Gasteiger partial charge in [0, 0.05) is 17.3 Å². The van der Waals surface area contributed by atoms with Crippen molar-refractivity contribution in [3.8, 4) is 6.07 Å². The molecule has 2 fully saturated rings. The van der Waals surface area contributed by atoms with Crippen LogP contribution in [0.1, 0.15) is 55.9 Å². The molecule has 0 spiro atoms. The predicted octanol–water partition coefficient (Wildman–Crippen LogP) is 6.24. The molecule has 37 heavy (non-hydrogen) atoms. The molecule has 0 saturated heterocycles. The minimum Gasteiger partial charge on any atom is -0.373 e. The van der Waals surface area contributed by atoms with Gasteiger partial charge in [0.15, 0.2) is 0 Å². The Kier molecular flexibility index (Phi) is 5.39. The molecule has 4 aromatic rings. The Morgan fingerprint density at radius 2 is 1.97 bits per heavy atom. The van der Waals surface area contributed by atoms with Gasteiger partial charge in [0.1, 0.15) is 17.6 Å². The van der Waals surface area contributed by atoms with Crippen LogP contribution in [-0.4, -0.2) is 31.9 Å². The van der Waals surface area contributed by atoms with Gasteiger partial charge in [-0.2, -0.15) is 5.26 Å². The molecule has 2 saturated carbocycles. The Bertz CT molecular complexity index is 1580. The van der Waals surface area contributed by atoms with Crippen molar-refractivity contribution in [3.63, 3.8) is 0 Å². The first-order valence-corrected chi connectivity index (χ1v) is 12.2. The number of nitriles is 1. The minimum atomic E-state index is -2.62. The molecule has 0 aliphatic heterocycles. The number of nitrogens with one attached hydrogen (secondary N) is 2. The van der Waals surface area contributed by atoms with E-state index in [1.165, 1.54) is 30.5 Å². The van der Waals surface area contributed by atoms with E-state index in [2.05, 4.69) is 25.9 Å². The Labute approximate surface area is 216 Å². The van der Waals surface area contributed by atoms with Crippen molar-refractivity contribution < 1.29 is 14.5 Å². The molecule has 11 heteroatoms. The zero-order valence-corrected chi connectivity index (χ0v) is 20.1. The van der Waals surface area contributed by atoms with Crippen molar-refractivity contribution in [1.29, 1.82) is 5.26 Å². The number of hydrogen-bond donors (Lipinski definition) is 2. The van der Waals surface area contributed by atoms with E-state index in [1.807, 2.05) is 6.07 Å². The van der Waals surface area contributed by atoms with E-state index >= 15 is 0 Å². The van der Waals surface area contributed by atoms with Gasteiger partial charge in [-0.15, -0.1) is 5.10 Å². The van der Waals surface area contributed by atoms with Crippen molar-refractivity contribution >= 4 is 33.9 Å². The van der Waals surface area contributed by atoms with Crippen LogP contribution in [0.4, 0.5) is 24.5 Å². The maximum absolute atomic E-state index is 13.8. The summed E-state index contributed by atoms with van der Waals surface area (Å²) in [6.45, 7) is 0. The number of hydrogen-bond acceptors (Lipinski definition) is 6. The van der Waals surface area contributed by atoms with E-state index in [0.717, 1.165) is 12.8 Å². The highest BCUT2D eigenvalue weighted by Crippen LogP contribution is 2.46. The van der Waals surface area contributed by atoms with Gasteiger partial charge in [-0.1, -0.05) is 28.9 Å². The van der Waals surface area contributed by atoms with Crippen LogP contribution in [0, 0.1) is 17.1 Å². The molecule has 2 heterocycles. The average Bonchev–Trinajstić information content (AvgIpc) is 3.83. The molecule has 188 valence electrons. The molecular weight excluding hydrogens is 503 g/mol. The van der Waals surface area contributed by atoms with Crippen LogP contribution >= 0.6 is 11.6 Å². The molecule has 0 bridgehead atoms. The maximum Gasteiger partial charge on any atom is 0.261 e. The molecule has 2 aromatic carbocycles. The largest absolute Gasteiger partial charge is 0.373 e. The third kappa shape index (κ3) is 4.44. The zero-order valence-electron chi connectivity index (χ0n) is 20.3. The Morgan fingerprint density at radius 1 is 1.22 bits per heavy atom. The highest BCUT2D eigenvalue weighted by molar-refractivity contribution is 6.35. The lowest BCUT2D eigenvalue weighted by Gasteiger charge is -2.22. The lowest BCUT2D eigenvalue weighted by atomic mass is 10.0. The summed E-state index contributed by atoms with van der Waals surface area (Å²) in [5.41, 5.74) is 0.243. The lowest BCUT2D eigenvalue weighted by molar-refractivity contribution is 0.114. The summed E-state index contributed by atoms with van der Waals surface area (Å²) >= 11 is 6.57. The number of halogens is 4. The van der Waals surface area contributed by atoms with Crippen LogP contribution in [0.25, 0.3) is 10.9 Å². The van der Waals surface area contributed by atoms with Crippen molar-refractivity contribution in [2.75, 3.05) is 10.6 Å². The van der Waals surface area contributed by atoms with Crippen LogP contribution in [0.2, 0.25) is 5.02 Å². The Hall–Kier alpha value is -3.84. The molecule has 7 nitrogen and oxygen atoms in total. The van der Waals surface area contributed by atoms with Crippen molar-refractivity contribution in [2.45, 2.75) is 49.7 Å². The monoisotopic (exact) mass is 524 g/mol. The molecule has 6 rings (SSSR count). The number of aromatic nitrogens is 4. The summed E-state index contributed by atoms with van der Waals surface area (Å²) in [7, 11) is 0. The van der Waals surface area contributed by atoms with Gasteiger partial charge in [-0.25, -0.2) is 17.9 Å². The van der Waals surface area contributed by atoms with E-state index in [-0.39, 0.29) is 40.9 Å². The molecule has 2 N–H and O–H groups in total. The highest BCUT2D eigenvalue weighted by atomic mass is 35.5. The number of alkyl halides is 2. The highest BCUT2D eigenvalue weighted by Gasteiger charge is 2.51. The number of anilines is 2. The van der Waals surface area contributed by atoms with Crippen molar-refractivity contribution in [1.82, 2.24) is 20.0 Å². The van der Waals surface area contributed by atoms with Gasteiger partial charge >= 0.3 is 0 Å². The Balaban J connectivity index is 1.47. The van der Waals surface area contributed by atoms with Crippen molar-refractivity contribution in [3.05, 3.63) is 76.5 Å². The first-order valence-electron chi connectivity index (χ1n) is 12.3. The van der Waals surface area contributed by atoms with Gasteiger partial charge in [0.2, 0.25) is 0 Å². The fourth-order valence-corrected chi connectivity index (χ4v) is 4.55. The van der Waals surface area contributed by atoms with Crippen LogP contribution in [0.3, 0.4) is 0 Å². The van der Waals surface area contributed by atoms with E-state index in [0.29, 0.717) is 22.2 Å². The minimum absolute atomic E-state index is 0.0979. The number of benzene rings is 2. The molecular formula is C26H21ClF3N7. The SMILES string of the molecule is [2H][C@](Nc1cc(Cl)c2ncc(C#N)c(NC3(C(F)F)CC3)c2c1)(c1ccc(F)cc1)c1cn(C2CC2)nn1. The van der Waals surface area contributed by atoms with E-state index in [9.17, 15) is 19.8 Å². The number of nitrogens with zero attached hydrogens (tertiary/aromatic N) is 5. The third-order valence-corrected chi connectivity index (χ3v) is 7.00. The number of pyridine rings is 1. The van der Waals surface area contributed by atoms with Gasteiger partial charge in [-0.05, 0) is 55.5 Å². The first kappa shape index (κ1) is 22.4. The predicted molar refractivity (Wildman–Crippen MR) is 133 cm³/mol. The lowest BCUT2D eigenvalue weighted by Crippen LogP contribution is -2.30. The van der Waals surface area contributed by atoms with Crippen LogP contribution in [0.5, 0.6) is 0 Å². The smallest absolute Gasteiger partial charge is 0.261 e. The van der Waals surface area contributed by atoms with E-state index in [4.69, 9.17) is 11.6 Å². The molecule has 2 aliphatic rings. The summed E-state index contributed by atoms with van der Waals surface area (Å²) in [5.74, 6) is -0.453. The van der Waals surface area contributed by atoms with Crippen LogP contribution in [-0.2, 0) is 0 Å². The standard InChI is InChI=1S/C26H21ClF3N7/c27-20-10-17(9-19-22(15(11-31)12-32-24(19)20)34-26(7-8-26)25(29)30)33-23(14-1-3-16(28)4-2-14)21-13-37(36-35-21)18-5-6-18/h1-4,9-10,12-13,18,23,25,33H,5-8H2,(H,32,34)/t23-/m0/s1/i23D. The summed E-state index contributed by atoms with van der Waals surface area (Å²) in [4.78, 5) is 4.28. The quantitative estimate of drug-likeness (QED) is 0.284. The average molecular weight is 525 g/mol. The summed E-state index contributed by atoms with van der Waals surface area (Å²) in [6.07, 6.45) is 2.84. The topological polar surface area (TPSA) is 91.5 Å². The molecule has 0 unspecified atom stereocenters. The van der Waals surface area contributed by atoms with E-state index < -0.39 is 23.8 Å². The normalized spacial score (nSPS) is 18.2. The molecule has 2 aliphatic carbocycles. The molecule has 1 atom stereocenters. The molecule has 0 amide bonds. The second-order valence-electron chi connectivity index (χ2n) is 9.42. The number of fused-ring (bicyclic) bond motifs is 1. The first-order chi connectivity index (χ1) is 18.2. The van der Waals surface area contributed by atoms with Crippen molar-refractivity contribution in [2.24, 2.45) is 0 Å². The van der Waals surface area contributed by atoms with Crippen LogP contribution < -0.4 is 10.6 Å². The van der Waals surface area contributed by atoms with E-state index in [1.54, 1.807) is 23.0 Å². The summed E-state index contributed by atoms with van der Waals surface area (Å²) < 4.78 is 52.4. The summed E-state index contributed by atoms with van der Waals surface area (Å²) in [5, 5.41) is 24.7.